The number of fused-ring (bicyclic) bond motifs is 1. The van der Waals surface area contributed by atoms with E-state index in [1.165, 1.54) is 30.8 Å². The van der Waals surface area contributed by atoms with Gasteiger partial charge in [0.2, 0.25) is 0 Å². The van der Waals surface area contributed by atoms with Crippen molar-refractivity contribution in [3.63, 3.8) is 0 Å². The summed E-state index contributed by atoms with van der Waals surface area (Å²) in [6, 6.07) is 1.64. The van der Waals surface area contributed by atoms with Gasteiger partial charge in [-0.2, -0.15) is 15.3 Å². The van der Waals surface area contributed by atoms with Gasteiger partial charge in [0.25, 0.3) is 5.91 Å². The highest BCUT2D eigenvalue weighted by atomic mass is 16.5. The van der Waals surface area contributed by atoms with Gasteiger partial charge in [-0.1, -0.05) is 0 Å². The Hall–Kier alpha value is -2.28. The minimum absolute atomic E-state index is 0.173. The molecule has 1 amide bonds. The number of carbonyl (C=O) groups excluding carboxylic acids is 1. The Kier molecular flexibility index (Phi) is 3.78. The van der Waals surface area contributed by atoms with E-state index in [2.05, 4.69) is 26.8 Å². The largest absolute Gasteiger partial charge is 0.370 e. The number of amides is 1. The van der Waals surface area contributed by atoms with Crippen molar-refractivity contribution >= 4 is 5.91 Å². The normalized spacial score (nSPS) is 20.1. The molecular weight excluding hydrogens is 294 g/mol. The van der Waals surface area contributed by atoms with Crippen molar-refractivity contribution in [2.24, 2.45) is 5.92 Å². The minimum Gasteiger partial charge on any atom is -0.370 e. The van der Waals surface area contributed by atoms with E-state index in [1.54, 1.807) is 6.07 Å². The lowest BCUT2D eigenvalue weighted by Gasteiger charge is -2.22. The van der Waals surface area contributed by atoms with Crippen LogP contribution in [0.25, 0.3) is 0 Å². The lowest BCUT2D eigenvalue weighted by atomic mass is 10.1. The molecule has 7 nitrogen and oxygen atoms in total. The van der Waals surface area contributed by atoms with Crippen molar-refractivity contribution in [2.75, 3.05) is 13.2 Å². The highest BCUT2D eigenvalue weighted by molar-refractivity contribution is 5.93. The number of nitrogens with zero attached hydrogens (tertiary/aromatic N) is 4. The molecule has 23 heavy (non-hydrogen) atoms. The highest BCUT2D eigenvalue weighted by Crippen LogP contribution is 2.32. The maximum atomic E-state index is 12.1. The molecule has 2 aromatic rings. The zero-order valence-electron chi connectivity index (χ0n) is 12.8. The fourth-order valence-corrected chi connectivity index (χ4v) is 2.86. The summed E-state index contributed by atoms with van der Waals surface area (Å²) < 4.78 is 7.85. The first-order valence-electron chi connectivity index (χ1n) is 8.02. The van der Waals surface area contributed by atoms with Crippen LogP contribution in [0.4, 0.5) is 0 Å². The summed E-state index contributed by atoms with van der Waals surface area (Å²) in [5.74, 6) is 0.614. The van der Waals surface area contributed by atoms with Gasteiger partial charge in [0.15, 0.2) is 0 Å². The van der Waals surface area contributed by atoms with Crippen LogP contribution in [0.5, 0.6) is 0 Å². The summed E-state index contributed by atoms with van der Waals surface area (Å²) >= 11 is 0. The molecule has 4 rings (SSSR count). The van der Waals surface area contributed by atoms with E-state index in [0.717, 1.165) is 24.6 Å². The molecule has 0 spiro atoms. The van der Waals surface area contributed by atoms with Crippen LogP contribution >= 0.6 is 0 Å². The smallest absolute Gasteiger partial charge is 0.253 e. The highest BCUT2D eigenvalue weighted by Gasteiger charge is 2.27. The summed E-state index contributed by atoms with van der Waals surface area (Å²) in [6.45, 7) is 2.07. The van der Waals surface area contributed by atoms with Gasteiger partial charge in [-0.05, 0) is 36.8 Å². The third-order valence-electron chi connectivity index (χ3n) is 4.30. The molecule has 1 saturated carbocycles. The molecule has 0 saturated heterocycles. The average Bonchev–Trinajstić information content (AvgIpc) is 3.29. The van der Waals surface area contributed by atoms with Crippen LogP contribution < -0.4 is 5.32 Å². The molecule has 7 heteroatoms. The summed E-state index contributed by atoms with van der Waals surface area (Å²) in [7, 11) is 0. The predicted molar refractivity (Wildman–Crippen MR) is 81.7 cm³/mol. The second-order valence-electron chi connectivity index (χ2n) is 6.16. The van der Waals surface area contributed by atoms with E-state index in [4.69, 9.17) is 4.74 Å². The Balaban J connectivity index is 1.42. The number of hydrogen-bond acceptors (Lipinski definition) is 5. The van der Waals surface area contributed by atoms with Gasteiger partial charge in [-0.25, -0.2) is 0 Å². The Labute approximate surface area is 134 Å². The van der Waals surface area contributed by atoms with Crippen LogP contribution in [0, 0.1) is 5.92 Å². The van der Waals surface area contributed by atoms with Gasteiger partial charge < -0.3 is 10.1 Å². The average molecular weight is 313 g/mol. The predicted octanol–water partition coefficient (Wildman–Crippen LogP) is 1.13. The summed E-state index contributed by atoms with van der Waals surface area (Å²) in [5, 5.41) is 15.0. The molecule has 3 heterocycles. The van der Waals surface area contributed by atoms with Crippen molar-refractivity contribution in [1.29, 1.82) is 0 Å². The fourth-order valence-electron chi connectivity index (χ4n) is 2.86. The van der Waals surface area contributed by atoms with Gasteiger partial charge in [-0.15, -0.1) is 0 Å². The summed E-state index contributed by atoms with van der Waals surface area (Å²) in [4.78, 5) is 12.1. The molecule has 2 aliphatic rings. The third-order valence-corrected chi connectivity index (χ3v) is 4.30. The molecule has 0 unspecified atom stereocenters. The first-order chi connectivity index (χ1) is 11.3. The topological polar surface area (TPSA) is 81.9 Å². The van der Waals surface area contributed by atoms with E-state index in [1.807, 2.05) is 4.68 Å². The van der Waals surface area contributed by atoms with E-state index in [9.17, 15) is 4.79 Å². The van der Waals surface area contributed by atoms with Crippen LogP contribution in [0.1, 0.15) is 40.6 Å². The zero-order valence-corrected chi connectivity index (χ0v) is 12.8. The Morgan fingerprint density at radius 3 is 3.09 bits per heavy atom. The molecule has 1 aliphatic carbocycles. The van der Waals surface area contributed by atoms with Crippen LogP contribution in [0.15, 0.2) is 24.7 Å². The van der Waals surface area contributed by atoms with Gasteiger partial charge >= 0.3 is 0 Å². The molecular formula is C16H19N5O2. The second kappa shape index (κ2) is 6.08. The lowest BCUT2D eigenvalue weighted by molar-refractivity contribution is 0.0383. The van der Waals surface area contributed by atoms with Crippen molar-refractivity contribution in [3.8, 4) is 0 Å². The number of ether oxygens (including phenoxy) is 1. The van der Waals surface area contributed by atoms with Crippen LogP contribution in [-0.4, -0.2) is 39.0 Å². The number of hydrogen-bond donors (Lipinski definition) is 1. The van der Waals surface area contributed by atoms with Gasteiger partial charge in [-0.3, -0.25) is 9.48 Å². The molecule has 120 valence electrons. The van der Waals surface area contributed by atoms with Crippen LogP contribution in [0.3, 0.4) is 0 Å². The molecule has 2 aromatic heterocycles. The van der Waals surface area contributed by atoms with E-state index < -0.39 is 0 Å². The monoisotopic (exact) mass is 313 g/mol. The first kappa shape index (κ1) is 14.3. The molecule has 0 aromatic carbocycles. The number of aromatic nitrogens is 4. The first-order valence-corrected chi connectivity index (χ1v) is 8.02. The van der Waals surface area contributed by atoms with E-state index in [-0.39, 0.29) is 12.0 Å². The van der Waals surface area contributed by atoms with E-state index >= 15 is 0 Å². The number of rotatable bonds is 5. The lowest BCUT2D eigenvalue weighted by Crippen LogP contribution is -2.32. The standard InChI is InChI=1S/C16H19N5O2/c22-16(12-3-5-18-19-7-12)17-8-14-15-13(4-6-23-14)10-21(20-15)9-11-1-2-11/h3,5,7,10-11,14H,1-2,4,6,8-9H2,(H,17,22)/t14-/m1/s1. The van der Waals surface area contributed by atoms with Crippen LogP contribution in [0.2, 0.25) is 0 Å². The van der Waals surface area contributed by atoms with Crippen molar-refractivity contribution in [3.05, 3.63) is 41.5 Å². The molecule has 0 bridgehead atoms. The van der Waals surface area contributed by atoms with Crippen molar-refractivity contribution < 1.29 is 9.53 Å². The fraction of sp³-hybridized carbons (Fsp3) is 0.500. The van der Waals surface area contributed by atoms with Crippen molar-refractivity contribution in [1.82, 2.24) is 25.3 Å². The maximum Gasteiger partial charge on any atom is 0.253 e. The molecule has 1 atom stereocenters. The number of carbonyl (C=O) groups is 1. The molecule has 0 radical (unpaired) electrons. The number of nitrogens with one attached hydrogen (secondary N) is 1. The SMILES string of the molecule is O=C(NC[C@H]1OCCc2cn(CC3CC3)nc21)c1ccnnc1. The molecule has 1 aliphatic heterocycles. The zero-order chi connectivity index (χ0) is 15.6. The van der Waals surface area contributed by atoms with E-state index in [0.29, 0.717) is 18.7 Å². The molecule has 1 N–H and O–H groups in total. The minimum atomic E-state index is -0.182. The van der Waals surface area contributed by atoms with Gasteiger partial charge in [0.05, 0.1) is 30.3 Å². The molecule has 1 fully saturated rings. The Morgan fingerprint density at radius 1 is 1.39 bits per heavy atom. The Bertz CT molecular complexity index is 696. The van der Waals surface area contributed by atoms with Crippen molar-refractivity contribution in [2.45, 2.75) is 31.9 Å². The summed E-state index contributed by atoms with van der Waals surface area (Å²) in [6.07, 6.45) is 8.41. The quantitative estimate of drug-likeness (QED) is 0.895. The van der Waals surface area contributed by atoms with Crippen LogP contribution in [-0.2, 0) is 17.7 Å². The second-order valence-corrected chi connectivity index (χ2v) is 6.16. The van der Waals surface area contributed by atoms with Gasteiger partial charge in [0, 0.05) is 19.3 Å². The Morgan fingerprint density at radius 2 is 2.30 bits per heavy atom. The summed E-state index contributed by atoms with van der Waals surface area (Å²) in [5.41, 5.74) is 2.70. The third kappa shape index (κ3) is 3.24. The van der Waals surface area contributed by atoms with Gasteiger partial charge in [0.1, 0.15) is 6.10 Å². The maximum absolute atomic E-state index is 12.1.